The molecule has 1 saturated heterocycles. The van der Waals surface area contributed by atoms with Crippen molar-refractivity contribution in [2.45, 2.75) is 12.8 Å². The van der Waals surface area contributed by atoms with Crippen LogP contribution < -0.4 is 10.1 Å². The highest BCUT2D eigenvalue weighted by Crippen LogP contribution is 2.14. The van der Waals surface area contributed by atoms with Crippen molar-refractivity contribution in [3.63, 3.8) is 0 Å². The second kappa shape index (κ2) is 4.96. The topological polar surface area (TPSA) is 34.1 Å². The van der Waals surface area contributed by atoms with E-state index in [-0.39, 0.29) is 0 Å². The Morgan fingerprint density at radius 3 is 2.71 bits per heavy atom. The van der Waals surface area contributed by atoms with Crippen LogP contribution >= 0.6 is 0 Å². The van der Waals surface area contributed by atoms with E-state index in [0.717, 1.165) is 25.4 Å². The molecule has 2 heterocycles. The first kappa shape index (κ1) is 9.46. The molecule has 0 aliphatic carbocycles. The van der Waals surface area contributed by atoms with Crippen molar-refractivity contribution in [1.29, 1.82) is 0 Å². The monoisotopic (exact) mass is 192 g/mol. The smallest absolute Gasteiger partial charge is 0.122 e. The van der Waals surface area contributed by atoms with Gasteiger partial charge in [0.1, 0.15) is 5.75 Å². The van der Waals surface area contributed by atoms with E-state index in [4.69, 9.17) is 4.74 Å². The van der Waals surface area contributed by atoms with Crippen LogP contribution in [-0.4, -0.2) is 24.7 Å². The highest BCUT2D eigenvalue weighted by molar-refractivity contribution is 5.16. The first-order valence-electron chi connectivity index (χ1n) is 5.19. The molecule has 3 heteroatoms. The lowest BCUT2D eigenvalue weighted by Crippen LogP contribution is -2.30. The molecule has 1 aromatic rings. The fourth-order valence-electron chi connectivity index (χ4n) is 1.70. The molecule has 76 valence electrons. The zero-order chi connectivity index (χ0) is 9.64. The first-order chi connectivity index (χ1) is 6.95. The number of hydrogen-bond acceptors (Lipinski definition) is 3. The first-order valence-corrected chi connectivity index (χ1v) is 5.19. The standard InChI is InChI=1S/C11H16N2O/c1-5-12-6-2-10(1)9-14-11-3-7-13-8-4-11/h3-4,7-8,10,12H,1-2,5-6,9H2. The van der Waals surface area contributed by atoms with Crippen LogP contribution in [0.5, 0.6) is 5.75 Å². The Balaban J connectivity index is 1.76. The molecule has 14 heavy (non-hydrogen) atoms. The molecule has 0 aromatic carbocycles. The quantitative estimate of drug-likeness (QED) is 0.787. The van der Waals surface area contributed by atoms with Crippen LogP contribution in [0.4, 0.5) is 0 Å². The summed E-state index contributed by atoms with van der Waals surface area (Å²) in [5.74, 6) is 1.64. The second-order valence-electron chi connectivity index (χ2n) is 3.69. The van der Waals surface area contributed by atoms with Crippen LogP contribution in [0.2, 0.25) is 0 Å². The van der Waals surface area contributed by atoms with Crippen molar-refractivity contribution >= 4 is 0 Å². The predicted molar refractivity (Wildman–Crippen MR) is 55.3 cm³/mol. The van der Waals surface area contributed by atoms with Crippen molar-refractivity contribution in [2.75, 3.05) is 19.7 Å². The van der Waals surface area contributed by atoms with Gasteiger partial charge in [-0.05, 0) is 44.0 Å². The van der Waals surface area contributed by atoms with Crippen molar-refractivity contribution < 1.29 is 4.74 Å². The molecule has 0 saturated carbocycles. The van der Waals surface area contributed by atoms with Gasteiger partial charge in [0.15, 0.2) is 0 Å². The highest BCUT2D eigenvalue weighted by atomic mass is 16.5. The van der Waals surface area contributed by atoms with Gasteiger partial charge >= 0.3 is 0 Å². The zero-order valence-electron chi connectivity index (χ0n) is 8.28. The average Bonchev–Trinajstić information content (AvgIpc) is 2.29. The molecule has 0 spiro atoms. The number of pyridine rings is 1. The summed E-state index contributed by atoms with van der Waals surface area (Å²) in [5, 5.41) is 3.35. The summed E-state index contributed by atoms with van der Waals surface area (Å²) >= 11 is 0. The molecule has 2 rings (SSSR count). The Morgan fingerprint density at radius 1 is 1.29 bits per heavy atom. The van der Waals surface area contributed by atoms with Gasteiger partial charge in [-0.3, -0.25) is 4.98 Å². The minimum Gasteiger partial charge on any atom is -0.493 e. The van der Waals surface area contributed by atoms with Crippen molar-refractivity contribution in [1.82, 2.24) is 10.3 Å². The third-order valence-corrected chi connectivity index (χ3v) is 2.59. The third kappa shape index (κ3) is 2.70. The van der Waals surface area contributed by atoms with Crippen molar-refractivity contribution in [3.05, 3.63) is 24.5 Å². The molecule has 0 amide bonds. The summed E-state index contributed by atoms with van der Waals surface area (Å²) in [6, 6.07) is 3.81. The summed E-state index contributed by atoms with van der Waals surface area (Å²) in [6.07, 6.45) is 5.98. The molecule has 1 aromatic heterocycles. The van der Waals surface area contributed by atoms with E-state index in [1.54, 1.807) is 12.4 Å². The predicted octanol–water partition coefficient (Wildman–Crippen LogP) is 1.46. The SMILES string of the molecule is c1cc(OCC2CCNCC2)ccn1. The fraction of sp³-hybridized carbons (Fsp3) is 0.545. The van der Waals surface area contributed by atoms with Gasteiger partial charge in [0.2, 0.25) is 0 Å². The van der Waals surface area contributed by atoms with Gasteiger partial charge in [0.25, 0.3) is 0 Å². The zero-order valence-corrected chi connectivity index (χ0v) is 8.28. The van der Waals surface area contributed by atoms with Crippen LogP contribution in [0.15, 0.2) is 24.5 Å². The third-order valence-electron chi connectivity index (χ3n) is 2.59. The number of nitrogens with zero attached hydrogens (tertiary/aromatic N) is 1. The lowest BCUT2D eigenvalue weighted by Gasteiger charge is -2.22. The normalized spacial score (nSPS) is 18.0. The Hall–Kier alpha value is -1.09. The molecule has 1 aliphatic heterocycles. The number of ether oxygens (including phenoxy) is 1. The van der Waals surface area contributed by atoms with Crippen LogP contribution in [0.25, 0.3) is 0 Å². The minimum atomic E-state index is 0.712. The van der Waals surface area contributed by atoms with E-state index in [2.05, 4.69) is 10.3 Å². The van der Waals surface area contributed by atoms with E-state index in [0.29, 0.717) is 5.92 Å². The number of nitrogens with one attached hydrogen (secondary N) is 1. The Labute approximate surface area is 84.5 Å². The Kier molecular flexibility index (Phi) is 3.35. The van der Waals surface area contributed by atoms with Crippen LogP contribution in [0, 0.1) is 5.92 Å². The van der Waals surface area contributed by atoms with Gasteiger partial charge in [0, 0.05) is 12.4 Å². The summed E-state index contributed by atoms with van der Waals surface area (Å²) in [4.78, 5) is 3.95. The number of hydrogen-bond donors (Lipinski definition) is 1. The number of piperidine rings is 1. The molecule has 0 bridgehead atoms. The maximum absolute atomic E-state index is 5.68. The van der Waals surface area contributed by atoms with E-state index in [9.17, 15) is 0 Å². The Bertz CT molecular complexity index is 257. The fourth-order valence-corrected chi connectivity index (χ4v) is 1.70. The van der Waals surface area contributed by atoms with Crippen LogP contribution in [0.1, 0.15) is 12.8 Å². The molecular formula is C11H16N2O. The maximum atomic E-state index is 5.68. The summed E-state index contributed by atoms with van der Waals surface area (Å²) in [6.45, 7) is 3.10. The van der Waals surface area contributed by atoms with Crippen molar-refractivity contribution in [2.24, 2.45) is 5.92 Å². The van der Waals surface area contributed by atoms with Gasteiger partial charge in [-0.1, -0.05) is 0 Å². The van der Waals surface area contributed by atoms with E-state index >= 15 is 0 Å². The second-order valence-corrected chi connectivity index (χ2v) is 3.69. The molecular weight excluding hydrogens is 176 g/mol. The summed E-state index contributed by atoms with van der Waals surface area (Å²) in [7, 11) is 0. The van der Waals surface area contributed by atoms with Gasteiger partial charge < -0.3 is 10.1 Å². The molecule has 1 fully saturated rings. The van der Waals surface area contributed by atoms with Gasteiger partial charge in [-0.15, -0.1) is 0 Å². The molecule has 3 nitrogen and oxygen atoms in total. The average molecular weight is 192 g/mol. The highest BCUT2D eigenvalue weighted by Gasteiger charge is 2.13. The van der Waals surface area contributed by atoms with E-state index in [1.807, 2.05) is 12.1 Å². The lowest BCUT2D eigenvalue weighted by molar-refractivity contribution is 0.215. The van der Waals surface area contributed by atoms with Crippen LogP contribution in [-0.2, 0) is 0 Å². The van der Waals surface area contributed by atoms with E-state index < -0.39 is 0 Å². The number of rotatable bonds is 3. The summed E-state index contributed by atoms with van der Waals surface area (Å²) < 4.78 is 5.68. The molecule has 0 radical (unpaired) electrons. The maximum Gasteiger partial charge on any atom is 0.122 e. The van der Waals surface area contributed by atoms with Gasteiger partial charge in [-0.2, -0.15) is 0 Å². The Morgan fingerprint density at radius 2 is 2.00 bits per heavy atom. The van der Waals surface area contributed by atoms with Crippen LogP contribution in [0.3, 0.4) is 0 Å². The molecule has 0 atom stereocenters. The molecule has 1 aliphatic rings. The largest absolute Gasteiger partial charge is 0.493 e. The molecule has 1 N–H and O–H groups in total. The van der Waals surface area contributed by atoms with E-state index in [1.165, 1.54) is 12.8 Å². The van der Waals surface area contributed by atoms with Crippen molar-refractivity contribution in [3.8, 4) is 5.75 Å². The lowest BCUT2D eigenvalue weighted by atomic mass is 9.99. The number of aromatic nitrogens is 1. The van der Waals surface area contributed by atoms with Gasteiger partial charge in [-0.25, -0.2) is 0 Å². The molecule has 0 unspecified atom stereocenters. The summed E-state index contributed by atoms with van der Waals surface area (Å²) in [5.41, 5.74) is 0. The minimum absolute atomic E-state index is 0.712. The van der Waals surface area contributed by atoms with Gasteiger partial charge in [0.05, 0.1) is 6.61 Å².